The minimum atomic E-state index is -0.246. The molecule has 5 nitrogen and oxygen atoms in total. The molecule has 0 heterocycles. The van der Waals surface area contributed by atoms with E-state index >= 15 is 0 Å². The highest BCUT2D eigenvalue weighted by Gasteiger charge is 2.14. The van der Waals surface area contributed by atoms with E-state index in [-0.39, 0.29) is 18.6 Å². The number of carbonyl (C=O) groups excluding carboxylic acids is 1. The minimum absolute atomic E-state index is 0.0718. The van der Waals surface area contributed by atoms with Crippen molar-refractivity contribution in [2.75, 3.05) is 26.9 Å². The Labute approximate surface area is 134 Å². The van der Waals surface area contributed by atoms with Gasteiger partial charge in [-0.3, -0.25) is 4.79 Å². The van der Waals surface area contributed by atoms with Crippen LogP contribution in [0.4, 0.5) is 0 Å². The Hall–Kier alpha value is -1.01. The lowest BCUT2D eigenvalue weighted by Gasteiger charge is -2.15. The predicted molar refractivity (Wildman–Crippen MR) is 84.2 cm³/mol. The molecule has 3 N–H and O–H groups in total. The Balaban J connectivity index is 2.70. The van der Waals surface area contributed by atoms with Gasteiger partial charge < -0.3 is 20.5 Å². The molecule has 0 aromatic heterocycles. The topological polar surface area (TPSA) is 73.6 Å². The molecule has 1 rings (SSSR count). The number of rotatable bonds is 8. The largest absolute Gasteiger partial charge is 0.482 e. The summed E-state index contributed by atoms with van der Waals surface area (Å²) in [6, 6.07) is 3.25. The fourth-order valence-corrected chi connectivity index (χ4v) is 2.35. The number of ether oxygens (including phenoxy) is 2. The van der Waals surface area contributed by atoms with Crippen LogP contribution < -0.4 is 15.8 Å². The molecule has 0 fully saturated rings. The molecule has 0 bridgehead atoms. The molecule has 0 aliphatic rings. The third-order valence-corrected chi connectivity index (χ3v) is 3.10. The molecule has 0 saturated heterocycles. The van der Waals surface area contributed by atoms with Crippen LogP contribution in [0.2, 0.25) is 10.0 Å². The quantitative estimate of drug-likeness (QED) is 0.713. The van der Waals surface area contributed by atoms with Crippen molar-refractivity contribution in [2.45, 2.75) is 19.4 Å². The molecule has 7 heteroatoms. The van der Waals surface area contributed by atoms with Gasteiger partial charge in [-0.2, -0.15) is 0 Å². The molecule has 1 unspecified atom stereocenters. The molecule has 0 aliphatic heterocycles. The van der Waals surface area contributed by atoms with Gasteiger partial charge in [0.05, 0.1) is 11.6 Å². The molecule has 1 atom stereocenters. The van der Waals surface area contributed by atoms with Gasteiger partial charge in [0.2, 0.25) is 0 Å². The molecule has 21 heavy (non-hydrogen) atoms. The lowest BCUT2D eigenvalue weighted by atomic mass is 10.1. The fourth-order valence-electron chi connectivity index (χ4n) is 1.76. The van der Waals surface area contributed by atoms with Gasteiger partial charge in [-0.25, -0.2) is 0 Å². The van der Waals surface area contributed by atoms with E-state index in [4.69, 9.17) is 38.4 Å². The second kappa shape index (κ2) is 9.10. The van der Waals surface area contributed by atoms with Gasteiger partial charge in [0, 0.05) is 24.7 Å². The number of hydrogen-bond donors (Lipinski definition) is 2. The number of hydrogen-bond acceptors (Lipinski definition) is 4. The predicted octanol–water partition coefficient (Wildman–Crippen LogP) is 2.02. The molecule has 1 aromatic carbocycles. The zero-order valence-corrected chi connectivity index (χ0v) is 13.6. The first-order valence-corrected chi connectivity index (χ1v) is 7.31. The van der Waals surface area contributed by atoms with Crippen molar-refractivity contribution in [1.29, 1.82) is 0 Å². The molecule has 0 aliphatic carbocycles. The average Bonchev–Trinajstić information content (AvgIpc) is 2.37. The monoisotopic (exact) mass is 334 g/mol. The standard InChI is InChI=1S/C14H20Cl2N2O3/c1-9(17)5-10-6-11(15)7-12(16)14(10)21-8-13(19)18-3-4-20-2/h6-7,9H,3-5,8,17H2,1-2H3,(H,18,19). The van der Waals surface area contributed by atoms with Gasteiger partial charge in [-0.1, -0.05) is 23.2 Å². The van der Waals surface area contributed by atoms with Crippen molar-refractivity contribution >= 4 is 29.1 Å². The van der Waals surface area contributed by atoms with Crippen LogP contribution in [0.25, 0.3) is 0 Å². The Bertz CT molecular complexity index is 482. The molecule has 1 amide bonds. The third kappa shape index (κ3) is 6.52. The van der Waals surface area contributed by atoms with E-state index in [9.17, 15) is 4.79 Å². The molecule has 0 radical (unpaired) electrons. The smallest absolute Gasteiger partial charge is 0.258 e. The van der Waals surface area contributed by atoms with E-state index < -0.39 is 0 Å². The van der Waals surface area contributed by atoms with Crippen molar-refractivity contribution in [3.05, 3.63) is 27.7 Å². The fraction of sp³-hybridized carbons (Fsp3) is 0.500. The van der Waals surface area contributed by atoms with Crippen molar-refractivity contribution < 1.29 is 14.3 Å². The SMILES string of the molecule is COCCNC(=O)COc1c(Cl)cc(Cl)cc1CC(C)N. The first kappa shape index (κ1) is 18.0. The molecule has 118 valence electrons. The zero-order valence-electron chi connectivity index (χ0n) is 12.1. The van der Waals surface area contributed by atoms with Crippen molar-refractivity contribution in [3.8, 4) is 5.75 Å². The van der Waals surface area contributed by atoms with Crippen LogP contribution in [0, 0.1) is 0 Å². The Morgan fingerprint density at radius 1 is 1.43 bits per heavy atom. The van der Waals surface area contributed by atoms with Crippen LogP contribution in [0.15, 0.2) is 12.1 Å². The zero-order chi connectivity index (χ0) is 15.8. The Morgan fingerprint density at radius 3 is 2.76 bits per heavy atom. The van der Waals surface area contributed by atoms with Gasteiger partial charge in [0.1, 0.15) is 5.75 Å². The van der Waals surface area contributed by atoms with E-state index in [0.29, 0.717) is 35.4 Å². The maximum absolute atomic E-state index is 11.6. The summed E-state index contributed by atoms with van der Waals surface area (Å²) in [6.45, 7) is 2.62. The number of amides is 1. The summed E-state index contributed by atoms with van der Waals surface area (Å²) in [4.78, 5) is 11.6. The van der Waals surface area contributed by atoms with E-state index in [0.717, 1.165) is 5.56 Å². The normalized spacial score (nSPS) is 12.0. The van der Waals surface area contributed by atoms with Gasteiger partial charge in [-0.15, -0.1) is 0 Å². The number of halogens is 2. The van der Waals surface area contributed by atoms with E-state index in [1.165, 1.54) is 0 Å². The van der Waals surface area contributed by atoms with Crippen LogP contribution in [0.5, 0.6) is 5.75 Å². The highest BCUT2D eigenvalue weighted by molar-refractivity contribution is 6.35. The summed E-state index contributed by atoms with van der Waals surface area (Å²) in [7, 11) is 1.57. The van der Waals surface area contributed by atoms with Crippen LogP contribution in [-0.2, 0) is 16.0 Å². The van der Waals surface area contributed by atoms with Crippen LogP contribution in [-0.4, -0.2) is 38.8 Å². The van der Waals surface area contributed by atoms with E-state index in [2.05, 4.69) is 5.32 Å². The van der Waals surface area contributed by atoms with Crippen molar-refractivity contribution in [1.82, 2.24) is 5.32 Å². The molecular weight excluding hydrogens is 315 g/mol. The van der Waals surface area contributed by atoms with Crippen LogP contribution in [0.3, 0.4) is 0 Å². The summed E-state index contributed by atoms with van der Waals surface area (Å²) < 4.78 is 10.4. The van der Waals surface area contributed by atoms with Crippen LogP contribution >= 0.6 is 23.2 Å². The van der Waals surface area contributed by atoms with Crippen molar-refractivity contribution in [3.63, 3.8) is 0 Å². The van der Waals surface area contributed by atoms with Gasteiger partial charge in [0.15, 0.2) is 6.61 Å². The van der Waals surface area contributed by atoms with E-state index in [1.54, 1.807) is 19.2 Å². The summed E-state index contributed by atoms with van der Waals surface area (Å²) in [5, 5.41) is 3.53. The third-order valence-electron chi connectivity index (χ3n) is 2.60. The Kier molecular flexibility index (Phi) is 7.82. The summed E-state index contributed by atoms with van der Waals surface area (Å²) in [5.41, 5.74) is 6.58. The maximum Gasteiger partial charge on any atom is 0.258 e. The van der Waals surface area contributed by atoms with Gasteiger partial charge in [0.25, 0.3) is 5.91 Å². The highest BCUT2D eigenvalue weighted by atomic mass is 35.5. The first-order chi connectivity index (χ1) is 9.93. The molecular formula is C14H20Cl2N2O3. The van der Waals surface area contributed by atoms with Crippen molar-refractivity contribution in [2.24, 2.45) is 5.73 Å². The molecule has 0 saturated carbocycles. The molecule has 1 aromatic rings. The van der Waals surface area contributed by atoms with Gasteiger partial charge in [-0.05, 0) is 31.0 Å². The maximum atomic E-state index is 11.6. The minimum Gasteiger partial charge on any atom is -0.482 e. The number of nitrogens with one attached hydrogen (secondary N) is 1. The number of methoxy groups -OCH3 is 1. The highest BCUT2D eigenvalue weighted by Crippen LogP contribution is 2.33. The summed E-state index contributed by atoms with van der Waals surface area (Å²) in [6.07, 6.45) is 0.556. The second-order valence-electron chi connectivity index (χ2n) is 4.69. The Morgan fingerprint density at radius 2 is 2.14 bits per heavy atom. The number of benzene rings is 1. The number of nitrogens with two attached hydrogens (primary N) is 1. The average molecular weight is 335 g/mol. The lowest BCUT2D eigenvalue weighted by molar-refractivity contribution is -0.123. The summed E-state index contributed by atoms with van der Waals surface area (Å²) >= 11 is 12.1. The van der Waals surface area contributed by atoms with E-state index in [1.807, 2.05) is 6.92 Å². The first-order valence-electron chi connectivity index (χ1n) is 6.56. The van der Waals surface area contributed by atoms with Gasteiger partial charge >= 0.3 is 0 Å². The summed E-state index contributed by atoms with van der Waals surface area (Å²) in [5.74, 6) is 0.199. The van der Waals surface area contributed by atoms with Crippen LogP contribution in [0.1, 0.15) is 12.5 Å². The molecule has 0 spiro atoms. The number of carbonyl (C=O) groups is 1. The lowest BCUT2D eigenvalue weighted by Crippen LogP contribution is -2.31. The second-order valence-corrected chi connectivity index (χ2v) is 5.53.